The normalized spacial score (nSPS) is 11.5. The largest absolute Gasteiger partial charge is 0.493 e. The van der Waals surface area contributed by atoms with Gasteiger partial charge in [-0.3, -0.25) is 4.79 Å². The van der Waals surface area contributed by atoms with Crippen molar-refractivity contribution < 1.29 is 19.0 Å². The van der Waals surface area contributed by atoms with Crippen LogP contribution in [0.25, 0.3) is 0 Å². The standard InChI is InChI=1S/C19H24N2O4/c1-23-16-9-13(10-17(24-2)19(16)25-3)12-21-18(22)11-15(20)14-7-5-4-6-8-14/h4-10,15H,11-12,20H2,1-3H3,(H,21,22). The van der Waals surface area contributed by atoms with Crippen LogP contribution in [0.1, 0.15) is 23.6 Å². The van der Waals surface area contributed by atoms with E-state index in [4.69, 9.17) is 19.9 Å². The highest BCUT2D eigenvalue weighted by Gasteiger charge is 2.15. The predicted octanol–water partition coefficient (Wildman–Crippen LogP) is 2.42. The Labute approximate surface area is 147 Å². The molecule has 2 rings (SSSR count). The Morgan fingerprint density at radius 3 is 2.16 bits per heavy atom. The predicted molar refractivity (Wildman–Crippen MR) is 95.9 cm³/mol. The molecule has 0 saturated heterocycles. The van der Waals surface area contributed by atoms with Gasteiger partial charge < -0.3 is 25.3 Å². The summed E-state index contributed by atoms with van der Waals surface area (Å²) in [4.78, 5) is 12.2. The van der Waals surface area contributed by atoms with E-state index >= 15 is 0 Å². The molecule has 0 heterocycles. The zero-order chi connectivity index (χ0) is 18.2. The molecule has 0 aromatic heterocycles. The molecule has 0 saturated carbocycles. The lowest BCUT2D eigenvalue weighted by atomic mass is 10.0. The van der Waals surface area contributed by atoms with Gasteiger partial charge in [-0.25, -0.2) is 0 Å². The fraction of sp³-hybridized carbons (Fsp3) is 0.316. The van der Waals surface area contributed by atoms with Crippen molar-refractivity contribution in [3.63, 3.8) is 0 Å². The van der Waals surface area contributed by atoms with Gasteiger partial charge in [0.2, 0.25) is 11.7 Å². The molecule has 0 aliphatic rings. The highest BCUT2D eigenvalue weighted by atomic mass is 16.5. The van der Waals surface area contributed by atoms with Gasteiger partial charge in [0.1, 0.15) is 0 Å². The Hall–Kier alpha value is -2.73. The number of methoxy groups -OCH3 is 3. The number of carbonyl (C=O) groups excluding carboxylic acids is 1. The number of rotatable bonds is 8. The number of benzene rings is 2. The molecule has 0 bridgehead atoms. The number of hydrogen-bond acceptors (Lipinski definition) is 5. The summed E-state index contributed by atoms with van der Waals surface area (Å²) in [6.07, 6.45) is 0.217. The summed E-state index contributed by atoms with van der Waals surface area (Å²) in [6, 6.07) is 12.8. The van der Waals surface area contributed by atoms with Crippen molar-refractivity contribution in [3.8, 4) is 17.2 Å². The summed E-state index contributed by atoms with van der Waals surface area (Å²) >= 11 is 0. The summed E-state index contributed by atoms with van der Waals surface area (Å²) in [6.45, 7) is 0.344. The van der Waals surface area contributed by atoms with Crippen LogP contribution in [0.2, 0.25) is 0 Å². The monoisotopic (exact) mass is 344 g/mol. The average molecular weight is 344 g/mol. The van der Waals surface area contributed by atoms with Crippen molar-refractivity contribution in [1.82, 2.24) is 5.32 Å². The maximum Gasteiger partial charge on any atom is 0.222 e. The van der Waals surface area contributed by atoms with Crippen molar-refractivity contribution in [3.05, 3.63) is 53.6 Å². The van der Waals surface area contributed by atoms with Crippen LogP contribution in [-0.2, 0) is 11.3 Å². The van der Waals surface area contributed by atoms with Gasteiger partial charge in [-0.15, -0.1) is 0 Å². The van der Waals surface area contributed by atoms with Gasteiger partial charge in [0.25, 0.3) is 0 Å². The third kappa shape index (κ3) is 4.87. The summed E-state index contributed by atoms with van der Waals surface area (Å²) < 4.78 is 15.9. The third-order valence-electron chi connectivity index (χ3n) is 3.85. The molecule has 6 nitrogen and oxygen atoms in total. The fourth-order valence-corrected chi connectivity index (χ4v) is 2.53. The Balaban J connectivity index is 1.99. The summed E-state index contributed by atoms with van der Waals surface area (Å²) in [7, 11) is 4.66. The van der Waals surface area contributed by atoms with Crippen molar-refractivity contribution in [2.24, 2.45) is 5.73 Å². The Bertz CT molecular complexity index is 679. The first-order valence-electron chi connectivity index (χ1n) is 7.95. The van der Waals surface area contributed by atoms with Gasteiger partial charge in [0.15, 0.2) is 11.5 Å². The van der Waals surface area contributed by atoms with Crippen molar-refractivity contribution in [2.45, 2.75) is 19.0 Å². The molecule has 0 aliphatic carbocycles. The molecule has 1 atom stereocenters. The number of ether oxygens (including phenoxy) is 3. The minimum absolute atomic E-state index is 0.120. The van der Waals surface area contributed by atoms with Gasteiger partial charge in [-0.2, -0.15) is 0 Å². The minimum atomic E-state index is -0.332. The van der Waals surface area contributed by atoms with Crippen LogP contribution in [0.5, 0.6) is 17.2 Å². The molecule has 3 N–H and O–H groups in total. The van der Waals surface area contributed by atoms with E-state index in [2.05, 4.69) is 5.32 Å². The van der Waals surface area contributed by atoms with Crippen LogP contribution >= 0.6 is 0 Å². The topological polar surface area (TPSA) is 82.8 Å². The van der Waals surface area contributed by atoms with Crippen LogP contribution in [0, 0.1) is 0 Å². The smallest absolute Gasteiger partial charge is 0.222 e. The molecule has 25 heavy (non-hydrogen) atoms. The van der Waals surface area contributed by atoms with E-state index in [0.717, 1.165) is 11.1 Å². The summed E-state index contributed by atoms with van der Waals surface area (Å²) in [5.74, 6) is 1.50. The van der Waals surface area contributed by atoms with Crippen molar-refractivity contribution in [1.29, 1.82) is 0 Å². The second-order valence-corrected chi connectivity index (χ2v) is 5.53. The molecule has 1 unspecified atom stereocenters. The second-order valence-electron chi connectivity index (χ2n) is 5.53. The number of hydrogen-bond donors (Lipinski definition) is 2. The first-order chi connectivity index (χ1) is 12.1. The quantitative estimate of drug-likeness (QED) is 0.768. The number of nitrogens with one attached hydrogen (secondary N) is 1. The minimum Gasteiger partial charge on any atom is -0.493 e. The van der Waals surface area contributed by atoms with Crippen LogP contribution in [0.4, 0.5) is 0 Å². The van der Waals surface area contributed by atoms with Gasteiger partial charge in [-0.1, -0.05) is 30.3 Å². The maximum atomic E-state index is 12.2. The molecule has 0 fully saturated rings. The van der Waals surface area contributed by atoms with Crippen LogP contribution < -0.4 is 25.3 Å². The second kappa shape index (κ2) is 8.94. The zero-order valence-corrected chi connectivity index (χ0v) is 14.7. The van der Waals surface area contributed by atoms with E-state index in [1.54, 1.807) is 33.5 Å². The molecule has 2 aromatic rings. The van der Waals surface area contributed by atoms with Crippen LogP contribution in [0.3, 0.4) is 0 Å². The average Bonchev–Trinajstić information content (AvgIpc) is 2.65. The lowest BCUT2D eigenvalue weighted by molar-refractivity contribution is -0.121. The molecule has 134 valence electrons. The van der Waals surface area contributed by atoms with Gasteiger partial charge in [-0.05, 0) is 23.3 Å². The van der Waals surface area contributed by atoms with Crippen LogP contribution in [0.15, 0.2) is 42.5 Å². The van der Waals surface area contributed by atoms with Gasteiger partial charge in [0, 0.05) is 19.0 Å². The summed E-state index contributed by atoms with van der Waals surface area (Å²) in [5.41, 5.74) is 7.86. The highest BCUT2D eigenvalue weighted by molar-refractivity contribution is 5.76. The lowest BCUT2D eigenvalue weighted by Gasteiger charge is -2.15. The Morgan fingerprint density at radius 2 is 1.64 bits per heavy atom. The van der Waals surface area contributed by atoms with Gasteiger partial charge >= 0.3 is 0 Å². The molecule has 6 heteroatoms. The number of carbonyl (C=O) groups is 1. The lowest BCUT2D eigenvalue weighted by Crippen LogP contribution is -2.27. The molecule has 0 spiro atoms. The van der Waals surface area contributed by atoms with Crippen molar-refractivity contribution in [2.75, 3.05) is 21.3 Å². The fourth-order valence-electron chi connectivity index (χ4n) is 2.53. The Kier molecular flexibility index (Phi) is 6.65. The van der Waals surface area contributed by atoms with E-state index in [0.29, 0.717) is 23.8 Å². The van der Waals surface area contributed by atoms with Gasteiger partial charge in [0.05, 0.1) is 21.3 Å². The third-order valence-corrected chi connectivity index (χ3v) is 3.85. The highest BCUT2D eigenvalue weighted by Crippen LogP contribution is 2.38. The zero-order valence-electron chi connectivity index (χ0n) is 14.7. The van der Waals surface area contributed by atoms with E-state index in [9.17, 15) is 4.79 Å². The van der Waals surface area contributed by atoms with E-state index in [1.807, 2.05) is 30.3 Å². The van der Waals surface area contributed by atoms with E-state index in [-0.39, 0.29) is 18.4 Å². The molecule has 0 aliphatic heterocycles. The number of nitrogens with two attached hydrogens (primary N) is 1. The van der Waals surface area contributed by atoms with Crippen molar-refractivity contribution >= 4 is 5.91 Å². The first-order valence-corrected chi connectivity index (χ1v) is 7.95. The SMILES string of the molecule is COc1cc(CNC(=O)CC(N)c2ccccc2)cc(OC)c1OC. The summed E-state index contributed by atoms with van der Waals surface area (Å²) in [5, 5.41) is 2.87. The Morgan fingerprint density at radius 1 is 1.04 bits per heavy atom. The molecule has 1 amide bonds. The molecular weight excluding hydrogens is 320 g/mol. The van der Waals surface area contributed by atoms with E-state index < -0.39 is 0 Å². The van der Waals surface area contributed by atoms with E-state index in [1.165, 1.54) is 0 Å². The molecular formula is C19H24N2O4. The maximum absolute atomic E-state index is 12.2. The van der Waals surface area contributed by atoms with Crippen LogP contribution in [-0.4, -0.2) is 27.2 Å². The number of amides is 1. The molecule has 2 aromatic carbocycles. The molecule has 0 radical (unpaired) electrons. The first kappa shape index (κ1) is 18.6.